The van der Waals surface area contributed by atoms with E-state index in [0.29, 0.717) is 0 Å². The average Bonchev–Trinajstić information content (AvgIpc) is 3.45. The Morgan fingerprint density at radius 2 is 1.06 bits per heavy atom. The van der Waals surface area contributed by atoms with Crippen molar-refractivity contribution < 1.29 is 133 Å². The molecule has 4 saturated heterocycles. The van der Waals surface area contributed by atoms with Gasteiger partial charge in [0.2, 0.25) is 35.4 Å². The van der Waals surface area contributed by atoms with Crippen LogP contribution in [0.15, 0.2) is 30.3 Å². The lowest BCUT2D eigenvalue weighted by atomic mass is 9.96. The molecule has 4 heterocycles. The van der Waals surface area contributed by atoms with Gasteiger partial charge in [-0.3, -0.25) is 34.1 Å². The molecule has 1 aromatic rings. The van der Waals surface area contributed by atoms with Gasteiger partial charge in [-0.25, -0.2) is 0 Å². The Morgan fingerprint density at radius 1 is 0.549 bits per heavy atom. The number of nitrogens with two attached hydrogens (primary N) is 1. The van der Waals surface area contributed by atoms with E-state index in [4.69, 9.17) is 43.6 Å². The summed E-state index contributed by atoms with van der Waals surface area (Å²) in [5.74, 6) is -4.70. The number of ether oxygens (including phenoxy) is 8. The number of hydrogen-bond donors (Lipinski definition) is 19. The highest BCUT2D eigenvalue weighted by Gasteiger charge is 2.52. The van der Waals surface area contributed by atoms with Gasteiger partial charge >= 0.3 is 0 Å². The maximum atomic E-state index is 13.5. The number of carbonyl (C=O) groups is 6. The van der Waals surface area contributed by atoms with Crippen molar-refractivity contribution in [2.24, 2.45) is 5.73 Å². The predicted octanol–water partition coefficient (Wildman–Crippen LogP) is -10.7. The van der Waals surface area contributed by atoms with Crippen LogP contribution >= 0.6 is 0 Å². The summed E-state index contributed by atoms with van der Waals surface area (Å²) in [7, 11) is 0. The fourth-order valence-corrected chi connectivity index (χ4v) is 8.87. The Labute approximate surface area is 468 Å². The minimum Gasteiger partial charge on any atom is -0.394 e. The lowest BCUT2D eigenvalue weighted by molar-refractivity contribution is -0.366. The number of benzene rings is 1. The van der Waals surface area contributed by atoms with Crippen LogP contribution < -0.4 is 32.3 Å². The molecule has 0 saturated carbocycles. The van der Waals surface area contributed by atoms with Gasteiger partial charge in [0, 0.05) is 32.4 Å². The van der Waals surface area contributed by atoms with Crippen LogP contribution in [0.5, 0.6) is 0 Å². The molecule has 0 spiro atoms. The highest BCUT2D eigenvalue weighted by molar-refractivity contribution is 6.00. The Bertz CT molecular complexity index is 2180. The van der Waals surface area contributed by atoms with Crippen LogP contribution in [0.4, 0.5) is 0 Å². The summed E-state index contributed by atoms with van der Waals surface area (Å²) < 4.78 is 44.1. The topological polar surface area (TPSA) is 525 Å². The summed E-state index contributed by atoms with van der Waals surface area (Å²) in [6.07, 6.45) is -34.6. The number of aliphatic hydroxyl groups is 13. The third kappa shape index (κ3) is 19.5. The van der Waals surface area contributed by atoms with Crippen molar-refractivity contribution >= 4 is 35.4 Å². The van der Waals surface area contributed by atoms with Crippen molar-refractivity contribution in [3.05, 3.63) is 35.9 Å². The molecular formula is C49H78N6O27. The number of amides is 6. The standard InChI is InChI=1S/C49H78N6O27/c1-21-32(62)36(66)39(69)46(78-21)75-14-12-51-28(58)8-5-9-30(60)54-24(45(74)53-17-31(61)55-44(73)23(50)16-22-6-3-2-4-7-22)10-11-29(59)52-13-15-76-48-42(72)43(82-49-41(71)38(68)34(64)26(19-57)80-49)35(65)27(81-48)20-77-47-40(70)37(67)33(63)25(18-56)79-47/h2-4,6-7,21,23-27,32-43,46-49,56-57,62-72H,5,8-20,50H2,1H3,(H,51,58)(H,52,59)(H,53,74)(H,54,60)(H,55,61,73)/t21-,23-,24-,25+,26+,27+,32+,33+,34+,35+,36+,37-,38-,39-,40-,41-,42-,43-,46+,47-,48-,49+/m0/s1. The summed E-state index contributed by atoms with van der Waals surface area (Å²) in [5, 5.41) is 146. The smallest absolute Gasteiger partial charge is 0.245 e. The minimum atomic E-state index is -2.00. The summed E-state index contributed by atoms with van der Waals surface area (Å²) in [4.78, 5) is 77.6. The first-order chi connectivity index (χ1) is 38.9. The summed E-state index contributed by atoms with van der Waals surface area (Å²) in [6.45, 7) is -2.70. The summed E-state index contributed by atoms with van der Waals surface area (Å²) in [6, 6.07) is 6.12. The number of rotatable bonds is 29. The van der Waals surface area contributed by atoms with Gasteiger partial charge < -0.3 is 131 Å². The Hall–Kier alpha value is -4.64. The third-order valence-corrected chi connectivity index (χ3v) is 13.7. The second kappa shape index (κ2) is 33.2. The largest absolute Gasteiger partial charge is 0.394 e. The second-order valence-corrected chi connectivity index (χ2v) is 19.9. The first-order valence-electron chi connectivity index (χ1n) is 26.5. The van der Waals surface area contributed by atoms with E-state index >= 15 is 0 Å². The number of hydrogen-bond acceptors (Lipinski definition) is 28. The van der Waals surface area contributed by atoms with E-state index in [9.17, 15) is 95.2 Å². The number of carbonyl (C=O) groups excluding carboxylic acids is 6. The number of nitrogens with one attached hydrogen (secondary N) is 5. The monoisotopic (exact) mass is 1180 g/mol. The Morgan fingerprint density at radius 3 is 1.66 bits per heavy atom. The van der Waals surface area contributed by atoms with Crippen molar-refractivity contribution in [2.45, 2.75) is 180 Å². The number of aliphatic hydroxyl groups excluding tert-OH is 13. The molecular weight excluding hydrogens is 1100 g/mol. The van der Waals surface area contributed by atoms with Crippen LogP contribution in [0.3, 0.4) is 0 Å². The highest BCUT2D eigenvalue weighted by atomic mass is 16.8. The number of imide groups is 1. The van der Waals surface area contributed by atoms with Crippen LogP contribution in [0.2, 0.25) is 0 Å². The van der Waals surface area contributed by atoms with Gasteiger partial charge in [0.05, 0.1) is 51.7 Å². The van der Waals surface area contributed by atoms with E-state index in [1.807, 2.05) is 0 Å². The Balaban J connectivity index is 1.15. The van der Waals surface area contributed by atoms with Gasteiger partial charge in [0.15, 0.2) is 25.2 Å². The molecule has 4 fully saturated rings. The van der Waals surface area contributed by atoms with E-state index < -0.39 is 210 Å². The van der Waals surface area contributed by atoms with Crippen LogP contribution in [0.1, 0.15) is 44.6 Å². The molecule has 0 bridgehead atoms. The predicted molar refractivity (Wildman–Crippen MR) is 269 cm³/mol. The summed E-state index contributed by atoms with van der Waals surface area (Å²) in [5.41, 5.74) is 6.69. The van der Waals surface area contributed by atoms with E-state index in [1.54, 1.807) is 30.3 Å². The molecule has 82 heavy (non-hydrogen) atoms. The molecule has 0 radical (unpaired) electrons. The van der Waals surface area contributed by atoms with Gasteiger partial charge in [-0.2, -0.15) is 0 Å². The van der Waals surface area contributed by atoms with Gasteiger partial charge in [-0.1, -0.05) is 30.3 Å². The molecule has 33 nitrogen and oxygen atoms in total. The van der Waals surface area contributed by atoms with Gasteiger partial charge in [-0.05, 0) is 31.7 Å². The van der Waals surface area contributed by atoms with Crippen molar-refractivity contribution in [3.8, 4) is 0 Å². The molecule has 33 heteroatoms. The first-order valence-corrected chi connectivity index (χ1v) is 26.5. The van der Waals surface area contributed by atoms with E-state index in [2.05, 4.69) is 26.6 Å². The molecule has 0 unspecified atom stereocenters. The molecule has 466 valence electrons. The third-order valence-electron chi connectivity index (χ3n) is 13.7. The van der Waals surface area contributed by atoms with Gasteiger partial charge in [-0.15, -0.1) is 0 Å². The first kappa shape index (κ1) is 68.1. The van der Waals surface area contributed by atoms with E-state index in [0.717, 1.165) is 5.56 Å². The summed E-state index contributed by atoms with van der Waals surface area (Å²) >= 11 is 0. The molecule has 5 rings (SSSR count). The molecule has 22 atom stereocenters. The fourth-order valence-electron chi connectivity index (χ4n) is 8.87. The lowest BCUT2D eigenvalue weighted by Gasteiger charge is -2.46. The molecule has 4 aliphatic heterocycles. The van der Waals surface area contributed by atoms with Crippen molar-refractivity contribution in [2.75, 3.05) is 52.7 Å². The van der Waals surface area contributed by atoms with E-state index in [1.165, 1.54) is 6.92 Å². The molecule has 0 aromatic heterocycles. The molecule has 6 amide bonds. The zero-order valence-electron chi connectivity index (χ0n) is 44.6. The molecule has 4 aliphatic rings. The van der Waals surface area contributed by atoms with Crippen molar-refractivity contribution in [3.63, 3.8) is 0 Å². The minimum absolute atomic E-state index is 0.0296. The Kier molecular flexibility index (Phi) is 27.6. The van der Waals surface area contributed by atoms with E-state index in [-0.39, 0.29) is 51.8 Å². The molecule has 20 N–H and O–H groups in total. The van der Waals surface area contributed by atoms with Crippen LogP contribution in [-0.2, 0) is 73.1 Å². The quantitative estimate of drug-likeness (QED) is 0.0331. The van der Waals surface area contributed by atoms with Gasteiger partial charge in [0.25, 0.3) is 0 Å². The highest BCUT2D eigenvalue weighted by Crippen LogP contribution is 2.31. The molecule has 0 aliphatic carbocycles. The van der Waals surface area contributed by atoms with Crippen LogP contribution in [-0.4, -0.2) is 289 Å². The van der Waals surface area contributed by atoms with Crippen LogP contribution in [0.25, 0.3) is 0 Å². The maximum Gasteiger partial charge on any atom is 0.245 e. The molecule has 1 aromatic carbocycles. The maximum absolute atomic E-state index is 13.5. The SMILES string of the molecule is C[C@@H]1O[C@@H](OCCNC(=O)CCCC(=O)N[C@@H](CCC(=O)NCCO[C@H]2O[C@H](CO[C@H]3O[C@H](CO)[C@@H](O)[C@H](O)[C@@H]3O)[C@@H](O)[C@H](O[C@H]3O[C@H](CO)[C@@H](O)[C@H](O)[C@@H]3O)[C@@H]2O)C(=O)NCC(=O)NC(=O)[C@@H](N)Cc2ccccc2)[C@@H](O)[C@H](O)[C@@H]1O. The zero-order chi connectivity index (χ0) is 60.4. The van der Waals surface area contributed by atoms with Gasteiger partial charge in [0.1, 0.15) is 97.6 Å². The van der Waals surface area contributed by atoms with Crippen LogP contribution in [0, 0.1) is 0 Å². The fraction of sp³-hybridized carbons (Fsp3) is 0.755. The second-order valence-electron chi connectivity index (χ2n) is 19.9. The normalized spacial score (nSPS) is 34.7. The lowest BCUT2D eigenvalue weighted by Crippen LogP contribution is -2.65. The van der Waals surface area contributed by atoms with Crippen molar-refractivity contribution in [1.82, 2.24) is 26.6 Å². The average molecular weight is 1180 g/mol. The van der Waals surface area contributed by atoms with Crippen molar-refractivity contribution in [1.29, 1.82) is 0 Å². The zero-order valence-corrected chi connectivity index (χ0v) is 44.6.